The smallest absolute Gasteiger partial charge is 0.220 e. The monoisotopic (exact) mass is 296 g/mol. The number of nitrogen functional groups attached to an aromatic ring is 1. The average Bonchev–Trinajstić information content (AvgIpc) is 2.47. The Morgan fingerprint density at radius 2 is 1.73 bits per heavy atom. The third-order valence-electron chi connectivity index (χ3n) is 3.37. The van der Waals surface area contributed by atoms with Crippen LogP contribution in [0.3, 0.4) is 0 Å². The molecule has 0 spiro atoms. The van der Waals surface area contributed by atoms with Gasteiger partial charge in [-0.3, -0.25) is 0 Å². The lowest BCUT2D eigenvalue weighted by Crippen LogP contribution is -2.05. The highest BCUT2D eigenvalue weighted by Gasteiger charge is 2.11. The van der Waals surface area contributed by atoms with Crippen molar-refractivity contribution in [2.24, 2.45) is 5.92 Å². The van der Waals surface area contributed by atoms with Gasteiger partial charge in [-0.1, -0.05) is 13.8 Å². The number of nitrogens with zero attached hydrogens (tertiary/aromatic N) is 3. The minimum Gasteiger partial charge on any atom is -0.368 e. The number of nitrogens with two attached hydrogens (primary N) is 1. The van der Waals surface area contributed by atoms with Crippen molar-refractivity contribution < 1.29 is 4.39 Å². The molecule has 0 aliphatic heterocycles. The van der Waals surface area contributed by atoms with Crippen molar-refractivity contribution in [3.63, 3.8) is 0 Å². The Hall–Kier alpha value is -2.56. The summed E-state index contributed by atoms with van der Waals surface area (Å²) < 4.78 is 13.1. The highest BCUT2D eigenvalue weighted by atomic mass is 19.1. The van der Waals surface area contributed by atoms with Crippen molar-refractivity contribution in [3.8, 4) is 11.3 Å². The van der Waals surface area contributed by atoms with Crippen LogP contribution in [-0.2, 0) is 6.42 Å². The summed E-state index contributed by atoms with van der Waals surface area (Å²) in [6.07, 6.45) is 0.781. The molecule has 2 heterocycles. The zero-order valence-electron chi connectivity index (χ0n) is 12.5. The van der Waals surface area contributed by atoms with Crippen LogP contribution in [0.2, 0.25) is 0 Å². The summed E-state index contributed by atoms with van der Waals surface area (Å²) in [5.41, 5.74) is 9.73. The minimum atomic E-state index is -0.263. The molecule has 5 heteroatoms. The van der Waals surface area contributed by atoms with Crippen LogP contribution in [0.4, 0.5) is 10.3 Å². The van der Waals surface area contributed by atoms with Gasteiger partial charge in [0.15, 0.2) is 0 Å². The maximum Gasteiger partial charge on any atom is 0.220 e. The Balaban J connectivity index is 2.15. The predicted molar refractivity (Wildman–Crippen MR) is 85.7 cm³/mol. The maximum absolute atomic E-state index is 13.1. The van der Waals surface area contributed by atoms with E-state index in [-0.39, 0.29) is 11.8 Å². The van der Waals surface area contributed by atoms with E-state index in [9.17, 15) is 4.39 Å². The fraction of sp³-hybridized carbons (Fsp3) is 0.235. The summed E-state index contributed by atoms with van der Waals surface area (Å²) in [6.45, 7) is 4.24. The molecule has 0 aliphatic rings. The molecule has 1 aromatic carbocycles. The van der Waals surface area contributed by atoms with Gasteiger partial charge in [-0.25, -0.2) is 19.3 Å². The SMILES string of the molecule is CC(C)Cc1nc(N)nc2ccc(-c3ccc(F)cc3)nc12. The number of hydrogen-bond acceptors (Lipinski definition) is 4. The van der Waals surface area contributed by atoms with Gasteiger partial charge in [-0.05, 0) is 48.7 Å². The van der Waals surface area contributed by atoms with E-state index in [1.165, 1.54) is 12.1 Å². The molecule has 4 nitrogen and oxygen atoms in total. The van der Waals surface area contributed by atoms with Crippen molar-refractivity contribution in [1.29, 1.82) is 0 Å². The third-order valence-corrected chi connectivity index (χ3v) is 3.37. The first-order valence-electron chi connectivity index (χ1n) is 7.22. The second-order valence-electron chi connectivity index (χ2n) is 5.70. The van der Waals surface area contributed by atoms with Crippen LogP contribution in [0.15, 0.2) is 36.4 Å². The number of pyridine rings is 1. The van der Waals surface area contributed by atoms with E-state index >= 15 is 0 Å². The minimum absolute atomic E-state index is 0.263. The molecular weight excluding hydrogens is 279 g/mol. The van der Waals surface area contributed by atoms with Crippen LogP contribution in [0.1, 0.15) is 19.5 Å². The molecule has 3 aromatic rings. The first kappa shape index (κ1) is 14.4. The second-order valence-corrected chi connectivity index (χ2v) is 5.70. The molecule has 2 N–H and O–H groups in total. The van der Waals surface area contributed by atoms with Gasteiger partial charge in [0.25, 0.3) is 0 Å². The van der Waals surface area contributed by atoms with Gasteiger partial charge in [0.1, 0.15) is 11.3 Å². The van der Waals surface area contributed by atoms with Gasteiger partial charge >= 0.3 is 0 Å². The quantitative estimate of drug-likeness (QED) is 0.802. The molecular formula is C17H17FN4. The molecule has 0 amide bonds. The molecule has 0 unspecified atom stereocenters. The second kappa shape index (κ2) is 5.67. The van der Waals surface area contributed by atoms with Crippen LogP contribution in [0.5, 0.6) is 0 Å². The molecule has 0 bridgehead atoms. The molecule has 112 valence electrons. The van der Waals surface area contributed by atoms with Crippen molar-refractivity contribution in [2.45, 2.75) is 20.3 Å². The molecule has 2 aromatic heterocycles. The molecule has 0 saturated carbocycles. The Kier molecular flexibility index (Phi) is 3.71. The first-order valence-corrected chi connectivity index (χ1v) is 7.22. The molecule has 3 rings (SSSR count). The molecule has 0 saturated heterocycles. The maximum atomic E-state index is 13.1. The topological polar surface area (TPSA) is 64.7 Å². The Labute approximate surface area is 128 Å². The largest absolute Gasteiger partial charge is 0.368 e. The van der Waals surface area contributed by atoms with Crippen molar-refractivity contribution in [1.82, 2.24) is 15.0 Å². The number of benzene rings is 1. The van der Waals surface area contributed by atoms with Gasteiger partial charge in [-0.2, -0.15) is 0 Å². The normalized spacial score (nSPS) is 11.3. The fourth-order valence-corrected chi connectivity index (χ4v) is 2.40. The van der Waals surface area contributed by atoms with E-state index in [1.54, 1.807) is 12.1 Å². The fourth-order valence-electron chi connectivity index (χ4n) is 2.40. The predicted octanol–water partition coefficient (Wildman–Crippen LogP) is 3.61. The first-order chi connectivity index (χ1) is 10.5. The number of anilines is 1. The molecule has 0 aliphatic carbocycles. The van der Waals surface area contributed by atoms with Gasteiger partial charge in [-0.15, -0.1) is 0 Å². The summed E-state index contributed by atoms with van der Waals surface area (Å²) in [4.78, 5) is 13.2. The van der Waals surface area contributed by atoms with E-state index in [4.69, 9.17) is 5.73 Å². The van der Waals surface area contributed by atoms with Crippen molar-refractivity contribution in [2.75, 3.05) is 5.73 Å². The van der Waals surface area contributed by atoms with Crippen LogP contribution >= 0.6 is 0 Å². The Morgan fingerprint density at radius 1 is 1.00 bits per heavy atom. The molecule has 0 atom stereocenters. The van der Waals surface area contributed by atoms with Gasteiger partial charge < -0.3 is 5.73 Å². The summed E-state index contributed by atoms with van der Waals surface area (Å²) in [7, 11) is 0. The van der Waals surface area contributed by atoms with E-state index in [1.807, 2.05) is 12.1 Å². The third kappa shape index (κ3) is 2.88. The van der Waals surface area contributed by atoms with Crippen LogP contribution < -0.4 is 5.73 Å². The lowest BCUT2D eigenvalue weighted by molar-refractivity contribution is 0.628. The van der Waals surface area contributed by atoms with Crippen molar-refractivity contribution >= 4 is 17.0 Å². The average molecular weight is 296 g/mol. The van der Waals surface area contributed by atoms with E-state index in [2.05, 4.69) is 28.8 Å². The molecule has 0 radical (unpaired) electrons. The molecule has 22 heavy (non-hydrogen) atoms. The highest BCUT2D eigenvalue weighted by molar-refractivity contribution is 5.80. The van der Waals surface area contributed by atoms with Crippen LogP contribution in [0, 0.1) is 11.7 Å². The number of hydrogen-bond donors (Lipinski definition) is 1. The zero-order valence-corrected chi connectivity index (χ0v) is 12.5. The van der Waals surface area contributed by atoms with Crippen LogP contribution in [0.25, 0.3) is 22.3 Å². The summed E-state index contributed by atoms with van der Waals surface area (Å²) in [5.74, 6) is 0.439. The Bertz CT molecular complexity index is 813. The van der Waals surface area contributed by atoms with Gasteiger partial charge in [0, 0.05) is 5.56 Å². The number of rotatable bonds is 3. The lowest BCUT2D eigenvalue weighted by Gasteiger charge is -2.09. The van der Waals surface area contributed by atoms with Gasteiger partial charge in [0.05, 0.1) is 16.9 Å². The standard InChI is InChI=1S/C17H17FN4/c1-10(2)9-15-16-14(21-17(19)22-15)8-7-13(20-16)11-3-5-12(18)6-4-11/h3-8,10H,9H2,1-2H3,(H2,19,21,22). The van der Waals surface area contributed by atoms with Gasteiger partial charge in [0.2, 0.25) is 5.95 Å². The summed E-state index contributed by atoms with van der Waals surface area (Å²) >= 11 is 0. The zero-order chi connectivity index (χ0) is 15.7. The summed E-state index contributed by atoms with van der Waals surface area (Å²) in [5, 5.41) is 0. The van der Waals surface area contributed by atoms with E-state index in [0.29, 0.717) is 5.92 Å². The number of fused-ring (bicyclic) bond motifs is 1. The number of aromatic nitrogens is 3. The van der Waals surface area contributed by atoms with E-state index in [0.717, 1.165) is 34.4 Å². The highest BCUT2D eigenvalue weighted by Crippen LogP contribution is 2.23. The molecule has 0 fully saturated rings. The summed E-state index contributed by atoms with van der Waals surface area (Å²) in [6, 6.07) is 10.0. The number of halogens is 1. The Morgan fingerprint density at radius 3 is 2.41 bits per heavy atom. The van der Waals surface area contributed by atoms with Crippen LogP contribution in [-0.4, -0.2) is 15.0 Å². The van der Waals surface area contributed by atoms with Crippen molar-refractivity contribution in [3.05, 3.63) is 47.9 Å². The lowest BCUT2D eigenvalue weighted by atomic mass is 10.1. The van der Waals surface area contributed by atoms with E-state index < -0.39 is 0 Å².